The van der Waals surface area contributed by atoms with E-state index in [1.54, 1.807) is 0 Å². The monoisotopic (exact) mass is 433 g/mol. The summed E-state index contributed by atoms with van der Waals surface area (Å²) in [5.41, 5.74) is 5.95. The third-order valence-electron chi connectivity index (χ3n) is 4.14. The minimum atomic E-state index is -1.94. The van der Waals surface area contributed by atoms with E-state index in [9.17, 15) is 19.1 Å². The number of carboxylic acid groups (broad SMARTS) is 1. The van der Waals surface area contributed by atoms with Crippen LogP contribution >= 0.6 is 11.6 Å². The van der Waals surface area contributed by atoms with E-state index in [2.05, 4.69) is 19.7 Å². The van der Waals surface area contributed by atoms with Crippen molar-refractivity contribution in [2.75, 3.05) is 18.9 Å². The van der Waals surface area contributed by atoms with Crippen LogP contribution in [0.2, 0.25) is 5.28 Å². The van der Waals surface area contributed by atoms with Crippen molar-refractivity contribution < 1.29 is 38.4 Å². The number of halogens is 2. The van der Waals surface area contributed by atoms with Crippen LogP contribution in [0.5, 0.6) is 0 Å². The molecule has 0 aliphatic carbocycles. The molecule has 3 heterocycles. The van der Waals surface area contributed by atoms with Gasteiger partial charge in [0.05, 0.1) is 19.5 Å². The fraction of sp³-hybridized carbons (Fsp3) is 0.533. The summed E-state index contributed by atoms with van der Waals surface area (Å²) in [5, 5.41) is 19.0. The number of hydrogen-bond acceptors (Lipinski definition) is 10. The van der Waals surface area contributed by atoms with Crippen molar-refractivity contribution in [1.29, 1.82) is 0 Å². The first-order chi connectivity index (χ1) is 13.7. The van der Waals surface area contributed by atoms with Crippen LogP contribution in [0.1, 0.15) is 13.2 Å². The largest absolute Gasteiger partial charge is 0.479 e. The number of ether oxygens (including phenoxy) is 3. The summed E-state index contributed by atoms with van der Waals surface area (Å²) >= 11 is 5.78. The SMILES string of the molecule is CCOC(=O)C(OC[C@H]1O[C@@H](n2cnc3c(N)nc(Cl)nc32)[C@@H](F)[C@@H]1O)C(=O)O. The van der Waals surface area contributed by atoms with E-state index in [0.29, 0.717) is 0 Å². The van der Waals surface area contributed by atoms with E-state index in [1.165, 1.54) is 17.8 Å². The maximum absolute atomic E-state index is 14.7. The van der Waals surface area contributed by atoms with Crippen LogP contribution in [0, 0.1) is 0 Å². The summed E-state index contributed by atoms with van der Waals surface area (Å²) in [7, 11) is 0. The molecule has 1 aliphatic heterocycles. The Kier molecular flexibility index (Phi) is 6.12. The first-order valence-electron chi connectivity index (χ1n) is 8.38. The van der Waals surface area contributed by atoms with Crippen molar-refractivity contribution >= 4 is 40.5 Å². The van der Waals surface area contributed by atoms with Gasteiger partial charge in [0.25, 0.3) is 6.10 Å². The minimum absolute atomic E-state index is 0.0219. The van der Waals surface area contributed by atoms with Gasteiger partial charge < -0.3 is 30.2 Å². The highest BCUT2D eigenvalue weighted by Gasteiger charge is 2.46. The molecule has 0 aromatic carbocycles. The molecule has 2 aromatic heterocycles. The number of rotatable bonds is 7. The summed E-state index contributed by atoms with van der Waals surface area (Å²) in [6.45, 7) is 0.861. The normalized spacial score (nSPS) is 25.2. The van der Waals surface area contributed by atoms with Crippen molar-refractivity contribution in [2.45, 2.75) is 37.6 Å². The lowest BCUT2D eigenvalue weighted by atomic mass is 10.1. The summed E-state index contributed by atoms with van der Waals surface area (Å²) in [4.78, 5) is 34.5. The van der Waals surface area contributed by atoms with Gasteiger partial charge >= 0.3 is 11.9 Å². The molecule has 1 aliphatic rings. The van der Waals surface area contributed by atoms with Crippen LogP contribution in [0.3, 0.4) is 0 Å². The van der Waals surface area contributed by atoms with E-state index in [0.717, 1.165) is 0 Å². The molecule has 3 rings (SSSR count). The Balaban J connectivity index is 1.77. The molecule has 0 spiro atoms. The molecule has 29 heavy (non-hydrogen) atoms. The molecule has 0 amide bonds. The first kappa shape index (κ1) is 21.1. The van der Waals surface area contributed by atoms with Crippen molar-refractivity contribution in [3.8, 4) is 0 Å². The lowest BCUT2D eigenvalue weighted by Crippen LogP contribution is -2.39. The maximum Gasteiger partial charge on any atom is 0.347 e. The molecule has 0 radical (unpaired) electrons. The molecule has 5 atom stereocenters. The Labute approximate surface area is 167 Å². The lowest BCUT2D eigenvalue weighted by Gasteiger charge is -2.18. The van der Waals surface area contributed by atoms with Crippen LogP contribution in [0.4, 0.5) is 10.2 Å². The van der Waals surface area contributed by atoms with E-state index >= 15 is 0 Å². The summed E-state index contributed by atoms with van der Waals surface area (Å²) < 4.78 is 30.9. The first-order valence-corrected chi connectivity index (χ1v) is 8.76. The van der Waals surface area contributed by atoms with Gasteiger partial charge in [-0.05, 0) is 18.5 Å². The number of carbonyl (C=O) groups excluding carboxylic acids is 1. The predicted molar refractivity (Wildman–Crippen MR) is 93.6 cm³/mol. The molecule has 1 saturated heterocycles. The highest BCUT2D eigenvalue weighted by molar-refractivity contribution is 6.28. The second-order valence-corrected chi connectivity index (χ2v) is 6.34. The number of aliphatic hydroxyl groups is 1. The molecule has 1 fully saturated rings. The van der Waals surface area contributed by atoms with Gasteiger partial charge in [0.15, 0.2) is 23.9 Å². The van der Waals surface area contributed by atoms with Crippen LogP contribution in [-0.4, -0.2) is 79.4 Å². The van der Waals surface area contributed by atoms with Crippen molar-refractivity contribution in [2.24, 2.45) is 0 Å². The Morgan fingerprint density at radius 2 is 2.21 bits per heavy atom. The number of esters is 1. The van der Waals surface area contributed by atoms with Crippen molar-refractivity contribution in [3.63, 3.8) is 0 Å². The number of anilines is 1. The second-order valence-electron chi connectivity index (χ2n) is 6.01. The quantitative estimate of drug-likeness (QED) is 0.297. The van der Waals surface area contributed by atoms with Gasteiger partial charge in [0, 0.05) is 0 Å². The van der Waals surface area contributed by atoms with Gasteiger partial charge in [-0.15, -0.1) is 0 Å². The van der Waals surface area contributed by atoms with Crippen molar-refractivity contribution in [3.05, 3.63) is 11.6 Å². The number of nitrogen functional groups attached to an aromatic ring is 1. The average Bonchev–Trinajstić information content (AvgIpc) is 3.18. The standard InChI is InChI=1S/C15H17ClFN5O7/c1-2-27-14(26)9(13(24)25)28-3-5-8(23)6(17)12(29-5)22-4-19-7-10(18)20-15(16)21-11(7)22/h4-6,8-9,12,23H,2-3H2,1H3,(H,24,25)(H2,18,20,21)/t5-,6+,8-,9?,12-/m1/s1. The van der Waals surface area contributed by atoms with Crippen LogP contribution in [0.25, 0.3) is 11.2 Å². The van der Waals surface area contributed by atoms with Crippen LogP contribution < -0.4 is 5.73 Å². The second kappa shape index (κ2) is 8.41. The minimum Gasteiger partial charge on any atom is -0.479 e. The molecule has 2 aromatic rings. The van der Waals surface area contributed by atoms with Gasteiger partial charge in [-0.3, -0.25) is 4.57 Å². The Morgan fingerprint density at radius 1 is 1.48 bits per heavy atom. The average molecular weight is 434 g/mol. The molecule has 4 N–H and O–H groups in total. The van der Waals surface area contributed by atoms with E-state index in [-0.39, 0.29) is 28.9 Å². The van der Waals surface area contributed by atoms with E-state index in [4.69, 9.17) is 31.9 Å². The number of hydrogen-bond donors (Lipinski definition) is 3. The molecular weight excluding hydrogens is 417 g/mol. The van der Waals surface area contributed by atoms with Gasteiger partial charge in [-0.1, -0.05) is 0 Å². The molecular formula is C15H17ClFN5O7. The number of aliphatic hydroxyl groups excluding tert-OH is 1. The number of nitrogens with two attached hydrogens (primary N) is 1. The van der Waals surface area contributed by atoms with Gasteiger partial charge in [-0.25, -0.2) is 19.0 Å². The molecule has 0 bridgehead atoms. The number of alkyl halides is 1. The van der Waals surface area contributed by atoms with E-state index in [1.807, 2.05) is 0 Å². The topological polar surface area (TPSA) is 172 Å². The zero-order valence-corrected chi connectivity index (χ0v) is 15.7. The zero-order chi connectivity index (χ0) is 21.3. The predicted octanol–water partition coefficient (Wildman–Crippen LogP) is -0.309. The molecule has 14 heteroatoms. The summed E-state index contributed by atoms with van der Waals surface area (Å²) in [6.07, 6.45) is -7.02. The van der Waals surface area contributed by atoms with Crippen molar-refractivity contribution in [1.82, 2.24) is 19.5 Å². The lowest BCUT2D eigenvalue weighted by molar-refractivity contribution is -0.173. The van der Waals surface area contributed by atoms with Gasteiger partial charge in [-0.2, -0.15) is 9.97 Å². The number of aromatic nitrogens is 4. The molecule has 0 saturated carbocycles. The summed E-state index contributed by atoms with van der Waals surface area (Å²) in [6, 6.07) is 0. The zero-order valence-electron chi connectivity index (χ0n) is 14.9. The molecule has 12 nitrogen and oxygen atoms in total. The van der Waals surface area contributed by atoms with Crippen LogP contribution in [-0.2, 0) is 23.8 Å². The third-order valence-corrected chi connectivity index (χ3v) is 4.31. The maximum atomic E-state index is 14.7. The fourth-order valence-corrected chi connectivity index (χ4v) is 2.98. The molecule has 158 valence electrons. The fourth-order valence-electron chi connectivity index (χ4n) is 2.81. The van der Waals surface area contributed by atoms with Gasteiger partial charge in [0.1, 0.15) is 17.7 Å². The Bertz CT molecular complexity index is 928. The van der Waals surface area contributed by atoms with Gasteiger partial charge in [0.2, 0.25) is 5.28 Å². The Hall–Kier alpha value is -2.61. The number of nitrogens with zero attached hydrogens (tertiary/aromatic N) is 4. The highest BCUT2D eigenvalue weighted by Crippen LogP contribution is 2.34. The smallest absolute Gasteiger partial charge is 0.347 e. The number of imidazole rings is 1. The summed E-state index contributed by atoms with van der Waals surface area (Å²) in [5.74, 6) is -2.73. The number of carboxylic acids is 1. The number of fused-ring (bicyclic) bond motifs is 1. The molecule has 1 unspecified atom stereocenters. The Morgan fingerprint density at radius 3 is 2.86 bits per heavy atom. The van der Waals surface area contributed by atoms with Crippen LogP contribution in [0.15, 0.2) is 6.33 Å². The third kappa shape index (κ3) is 4.07. The number of carbonyl (C=O) groups is 2. The number of aliphatic carboxylic acids is 1. The highest BCUT2D eigenvalue weighted by atomic mass is 35.5. The van der Waals surface area contributed by atoms with E-state index < -0.39 is 49.3 Å².